The fourth-order valence-electron chi connectivity index (χ4n) is 11.1. The molecule has 2 bridgehead atoms. The maximum atomic E-state index is 9.75. The quantitative estimate of drug-likeness (QED) is 0.170. The van der Waals surface area contributed by atoms with Crippen molar-refractivity contribution in [3.63, 3.8) is 0 Å². The van der Waals surface area contributed by atoms with Crippen LogP contribution in [-0.4, -0.2) is 15.0 Å². The smallest absolute Gasteiger partial charge is 0.164 e. The van der Waals surface area contributed by atoms with Gasteiger partial charge in [0.05, 0.1) is 11.6 Å². The van der Waals surface area contributed by atoms with Gasteiger partial charge in [-0.1, -0.05) is 131 Å². The average molecular weight is 753 g/mol. The Morgan fingerprint density at radius 1 is 0.500 bits per heavy atom. The Hall–Kier alpha value is -6.18. The molecule has 10 rings (SSSR count). The predicted molar refractivity (Wildman–Crippen MR) is 236 cm³/mol. The summed E-state index contributed by atoms with van der Waals surface area (Å²) in [6.45, 7) is 9.59. The third kappa shape index (κ3) is 6.34. The highest BCUT2D eigenvalue weighted by molar-refractivity contribution is 5.87. The summed E-state index contributed by atoms with van der Waals surface area (Å²) in [6, 6.07) is 52.0. The van der Waals surface area contributed by atoms with Crippen LogP contribution in [0.1, 0.15) is 82.1 Å². The Bertz CT molecular complexity index is 2720. The number of rotatable bonds is 6. The van der Waals surface area contributed by atoms with Gasteiger partial charge in [-0.15, -0.1) is 0 Å². The van der Waals surface area contributed by atoms with E-state index in [1.54, 1.807) is 0 Å². The third-order valence-corrected chi connectivity index (χ3v) is 13.5. The van der Waals surface area contributed by atoms with Gasteiger partial charge in [-0.2, -0.15) is 5.26 Å². The van der Waals surface area contributed by atoms with Gasteiger partial charge in [0.2, 0.25) is 0 Å². The molecule has 4 heteroatoms. The standard InChI is InChI=1S/C54H48N4/c1-34-23-37-24-35(2)31-54(30-34,32-37)45-20-17-38(18-21-45)42-26-43(40-19-22-49-47(29-40)46-15-8-9-16-48(46)53(49,3)4)28-44(27-42)52-57-50(39-12-6-5-7-13-39)56-51(58-52)41-14-10-11-36(25-41)33-55/h5-22,25-29,34-35,37H,23-24,30-32H2,1-4H3/t34-,35+,37?,54?. The first kappa shape index (κ1) is 36.2. The molecule has 0 N–H and O–H groups in total. The Kier molecular flexibility index (Phi) is 8.75. The molecule has 3 aliphatic rings. The number of fused-ring (bicyclic) bond motifs is 5. The van der Waals surface area contributed by atoms with Crippen LogP contribution in [-0.2, 0) is 10.8 Å². The monoisotopic (exact) mass is 752 g/mol. The van der Waals surface area contributed by atoms with E-state index in [0.29, 0.717) is 23.0 Å². The van der Waals surface area contributed by atoms with E-state index in [2.05, 4.69) is 119 Å². The van der Waals surface area contributed by atoms with Crippen LogP contribution in [0.3, 0.4) is 0 Å². The molecule has 0 spiro atoms. The molecule has 2 unspecified atom stereocenters. The van der Waals surface area contributed by atoms with Gasteiger partial charge >= 0.3 is 0 Å². The first-order chi connectivity index (χ1) is 28.2. The summed E-state index contributed by atoms with van der Waals surface area (Å²) >= 11 is 0. The minimum Gasteiger partial charge on any atom is -0.208 e. The van der Waals surface area contributed by atoms with Crippen molar-refractivity contribution in [3.8, 4) is 73.6 Å². The van der Waals surface area contributed by atoms with Gasteiger partial charge in [0.25, 0.3) is 0 Å². The van der Waals surface area contributed by atoms with Crippen LogP contribution < -0.4 is 0 Å². The van der Waals surface area contributed by atoms with Crippen molar-refractivity contribution >= 4 is 0 Å². The molecule has 0 saturated heterocycles. The van der Waals surface area contributed by atoms with E-state index < -0.39 is 0 Å². The largest absolute Gasteiger partial charge is 0.208 e. The third-order valence-electron chi connectivity index (χ3n) is 13.5. The van der Waals surface area contributed by atoms with E-state index in [0.717, 1.165) is 51.1 Å². The highest BCUT2D eigenvalue weighted by Crippen LogP contribution is 2.54. The molecule has 1 aromatic heterocycles. The second-order valence-electron chi connectivity index (χ2n) is 18.1. The Morgan fingerprint density at radius 2 is 1.09 bits per heavy atom. The van der Waals surface area contributed by atoms with Crippen LogP contribution in [0.4, 0.5) is 0 Å². The van der Waals surface area contributed by atoms with E-state index in [1.807, 2.05) is 54.6 Å². The highest BCUT2D eigenvalue weighted by Gasteiger charge is 2.45. The molecule has 6 aromatic carbocycles. The van der Waals surface area contributed by atoms with Crippen molar-refractivity contribution in [3.05, 3.63) is 162 Å². The Labute approximate surface area is 342 Å². The SMILES string of the molecule is C[C@@H]1CC2C[C@H](C)CC(c3ccc(-c4cc(-c5ccc6c(c5)-c5ccccc5C6(C)C)cc(-c5nc(-c6ccccc6)nc(-c6cccc(C#N)c6)n5)c4)cc3)(C2)C1. The molecule has 284 valence electrons. The van der Waals surface area contributed by atoms with Crippen LogP contribution in [0.5, 0.6) is 0 Å². The summed E-state index contributed by atoms with van der Waals surface area (Å²) in [5.74, 6) is 4.10. The summed E-state index contributed by atoms with van der Waals surface area (Å²) in [6.07, 6.45) is 6.64. The number of nitrogens with zero attached hydrogens (tertiary/aromatic N) is 4. The molecule has 4 atom stereocenters. The second kappa shape index (κ2) is 14.0. The second-order valence-corrected chi connectivity index (χ2v) is 18.1. The predicted octanol–water partition coefficient (Wildman–Crippen LogP) is 13.5. The first-order valence-electron chi connectivity index (χ1n) is 21.0. The van der Waals surface area contributed by atoms with Gasteiger partial charge in [-0.05, 0) is 142 Å². The van der Waals surface area contributed by atoms with Gasteiger partial charge in [0.15, 0.2) is 17.5 Å². The van der Waals surface area contributed by atoms with Crippen molar-refractivity contribution in [2.75, 3.05) is 0 Å². The number of benzene rings is 6. The minimum atomic E-state index is -0.0665. The van der Waals surface area contributed by atoms with Crippen molar-refractivity contribution in [1.82, 2.24) is 15.0 Å². The molecular formula is C54H48N4. The summed E-state index contributed by atoms with van der Waals surface area (Å²) in [5.41, 5.74) is 14.8. The van der Waals surface area contributed by atoms with Crippen molar-refractivity contribution in [2.24, 2.45) is 17.8 Å². The molecule has 0 radical (unpaired) electrons. The molecule has 3 aliphatic carbocycles. The molecule has 0 amide bonds. The van der Waals surface area contributed by atoms with E-state index >= 15 is 0 Å². The van der Waals surface area contributed by atoms with E-state index in [-0.39, 0.29) is 10.8 Å². The van der Waals surface area contributed by atoms with Gasteiger partial charge in [-0.25, -0.2) is 15.0 Å². The van der Waals surface area contributed by atoms with Gasteiger partial charge in [0, 0.05) is 22.1 Å². The van der Waals surface area contributed by atoms with Gasteiger partial charge < -0.3 is 0 Å². The number of aromatic nitrogens is 3. The van der Waals surface area contributed by atoms with Crippen LogP contribution in [0.15, 0.2) is 140 Å². The first-order valence-corrected chi connectivity index (χ1v) is 21.0. The zero-order valence-corrected chi connectivity index (χ0v) is 33.8. The van der Waals surface area contributed by atoms with Gasteiger partial charge in [0.1, 0.15) is 0 Å². The lowest BCUT2D eigenvalue weighted by Crippen LogP contribution is -2.42. The molecular weight excluding hydrogens is 705 g/mol. The lowest BCUT2D eigenvalue weighted by molar-refractivity contribution is 0.0780. The van der Waals surface area contributed by atoms with Crippen molar-refractivity contribution in [1.29, 1.82) is 5.26 Å². The van der Waals surface area contributed by atoms with Crippen molar-refractivity contribution < 1.29 is 0 Å². The zero-order valence-electron chi connectivity index (χ0n) is 33.8. The van der Waals surface area contributed by atoms with Crippen LogP contribution in [0, 0.1) is 29.1 Å². The zero-order chi connectivity index (χ0) is 39.6. The lowest BCUT2D eigenvalue weighted by Gasteiger charge is -2.50. The topological polar surface area (TPSA) is 62.5 Å². The molecule has 7 aromatic rings. The summed E-state index contributed by atoms with van der Waals surface area (Å²) < 4.78 is 0. The maximum Gasteiger partial charge on any atom is 0.164 e. The molecule has 1 heterocycles. The fraction of sp³-hybridized carbons (Fsp3) is 0.259. The molecule has 2 fully saturated rings. The normalized spacial score (nSPS) is 21.5. The Morgan fingerprint density at radius 3 is 1.81 bits per heavy atom. The number of nitriles is 1. The summed E-state index contributed by atoms with van der Waals surface area (Å²) in [4.78, 5) is 15.3. The lowest BCUT2D eigenvalue weighted by atomic mass is 9.54. The molecule has 0 aliphatic heterocycles. The molecule has 2 saturated carbocycles. The molecule has 58 heavy (non-hydrogen) atoms. The average Bonchev–Trinajstić information content (AvgIpc) is 3.48. The van der Waals surface area contributed by atoms with Crippen molar-refractivity contribution in [2.45, 2.75) is 70.6 Å². The van der Waals surface area contributed by atoms with Gasteiger partial charge in [-0.3, -0.25) is 0 Å². The number of hydrogen-bond donors (Lipinski definition) is 0. The Balaban J connectivity index is 1.14. The summed E-state index contributed by atoms with van der Waals surface area (Å²) in [5, 5.41) is 9.75. The highest BCUT2D eigenvalue weighted by atomic mass is 15.0. The van der Waals surface area contributed by atoms with E-state index in [1.165, 1.54) is 65.5 Å². The van der Waals surface area contributed by atoms with Crippen LogP contribution >= 0.6 is 0 Å². The van der Waals surface area contributed by atoms with E-state index in [9.17, 15) is 5.26 Å². The fourth-order valence-corrected chi connectivity index (χ4v) is 11.1. The van der Waals surface area contributed by atoms with Crippen LogP contribution in [0.25, 0.3) is 67.5 Å². The maximum absolute atomic E-state index is 9.75. The minimum absolute atomic E-state index is 0.0665. The molecule has 4 nitrogen and oxygen atoms in total. The number of hydrogen-bond acceptors (Lipinski definition) is 4. The van der Waals surface area contributed by atoms with E-state index in [4.69, 9.17) is 15.0 Å². The van der Waals surface area contributed by atoms with Crippen LogP contribution in [0.2, 0.25) is 0 Å². The summed E-state index contributed by atoms with van der Waals surface area (Å²) in [7, 11) is 0.